The Balaban J connectivity index is 3.01. The van der Waals surface area contributed by atoms with E-state index in [1.807, 2.05) is 37.3 Å². The quantitative estimate of drug-likeness (QED) is 0.456. The molecule has 1 aromatic carbocycles. The second kappa shape index (κ2) is 8.76. The van der Waals surface area contributed by atoms with E-state index < -0.39 is 0 Å². The molecule has 0 aliphatic carbocycles. The van der Waals surface area contributed by atoms with E-state index in [2.05, 4.69) is 44.4 Å². The lowest BCUT2D eigenvalue weighted by atomic mass is 9.86. The molecule has 0 aliphatic rings. The van der Waals surface area contributed by atoms with Gasteiger partial charge < -0.3 is 0 Å². The lowest BCUT2D eigenvalue weighted by molar-refractivity contribution is 0.864. The first kappa shape index (κ1) is 16.7. The van der Waals surface area contributed by atoms with Crippen LogP contribution in [0.4, 0.5) is 0 Å². The maximum Gasteiger partial charge on any atom is 0.0663 e. The Bertz CT molecular complexity index is 597. The predicted octanol–water partition coefficient (Wildman–Crippen LogP) is 5.80. The Labute approximate surface area is 128 Å². The first-order valence-electron chi connectivity index (χ1n) is 7.22. The second-order valence-corrected chi connectivity index (χ2v) is 5.03. The van der Waals surface area contributed by atoms with Crippen molar-refractivity contribution in [3.8, 4) is 6.07 Å². The Hall–Kier alpha value is -2.33. The standard InChI is InChI=1S/C20H23N/c1-5-6-11-16(2)18(4)20-14-8-7-13-19(20)17(3)12-9-10-15-21/h5-9,12-14,18H,2-3,10-11H2,1,4H3/b6-5-,12-9-/t18-/m0/s1. The van der Waals surface area contributed by atoms with Crippen LogP contribution in [-0.4, -0.2) is 0 Å². The highest BCUT2D eigenvalue weighted by Crippen LogP contribution is 2.31. The SMILES string of the molecule is C=C(/C=C\CC#N)c1ccccc1[C@@H](C)C(=C)C/C=C\C. The van der Waals surface area contributed by atoms with Gasteiger partial charge in [-0.25, -0.2) is 0 Å². The summed E-state index contributed by atoms with van der Waals surface area (Å²) in [7, 11) is 0. The number of allylic oxidation sites excluding steroid dienone is 6. The van der Waals surface area contributed by atoms with Crippen LogP contribution in [0.25, 0.3) is 5.57 Å². The van der Waals surface area contributed by atoms with Gasteiger partial charge in [0.1, 0.15) is 0 Å². The topological polar surface area (TPSA) is 23.8 Å². The van der Waals surface area contributed by atoms with E-state index >= 15 is 0 Å². The summed E-state index contributed by atoms with van der Waals surface area (Å²) < 4.78 is 0. The Morgan fingerprint density at radius 3 is 2.67 bits per heavy atom. The molecule has 0 N–H and O–H groups in total. The van der Waals surface area contributed by atoms with Crippen molar-refractivity contribution in [3.05, 3.63) is 78.4 Å². The van der Waals surface area contributed by atoms with Gasteiger partial charge in [-0.3, -0.25) is 0 Å². The molecule has 1 rings (SSSR count). The van der Waals surface area contributed by atoms with Crippen molar-refractivity contribution in [1.82, 2.24) is 0 Å². The molecule has 0 saturated heterocycles. The smallest absolute Gasteiger partial charge is 0.0663 e. The highest BCUT2D eigenvalue weighted by Gasteiger charge is 2.13. The summed E-state index contributed by atoms with van der Waals surface area (Å²) in [5, 5.41) is 8.60. The molecule has 21 heavy (non-hydrogen) atoms. The van der Waals surface area contributed by atoms with Crippen LogP contribution in [0, 0.1) is 11.3 Å². The minimum absolute atomic E-state index is 0.276. The van der Waals surface area contributed by atoms with Crippen molar-refractivity contribution in [3.63, 3.8) is 0 Å². The van der Waals surface area contributed by atoms with Crippen LogP contribution in [0.5, 0.6) is 0 Å². The molecule has 1 heteroatoms. The monoisotopic (exact) mass is 277 g/mol. The molecule has 0 heterocycles. The molecule has 0 saturated carbocycles. The van der Waals surface area contributed by atoms with Crippen LogP contribution in [0.15, 0.2) is 67.3 Å². The normalized spacial score (nSPS) is 12.4. The zero-order chi connectivity index (χ0) is 15.7. The average molecular weight is 277 g/mol. The maximum absolute atomic E-state index is 8.60. The van der Waals surface area contributed by atoms with Crippen LogP contribution in [0.3, 0.4) is 0 Å². The number of nitrogens with zero attached hydrogens (tertiary/aromatic N) is 1. The third-order valence-electron chi connectivity index (χ3n) is 3.53. The van der Waals surface area contributed by atoms with E-state index in [4.69, 9.17) is 5.26 Å². The van der Waals surface area contributed by atoms with Gasteiger partial charge in [0, 0.05) is 5.92 Å². The van der Waals surface area contributed by atoms with Gasteiger partial charge in [0.25, 0.3) is 0 Å². The van der Waals surface area contributed by atoms with E-state index in [-0.39, 0.29) is 5.92 Å². The highest BCUT2D eigenvalue weighted by atomic mass is 14.2. The van der Waals surface area contributed by atoms with Crippen LogP contribution in [0.2, 0.25) is 0 Å². The second-order valence-electron chi connectivity index (χ2n) is 5.03. The maximum atomic E-state index is 8.60. The fourth-order valence-electron chi connectivity index (χ4n) is 2.18. The molecule has 0 amide bonds. The largest absolute Gasteiger partial charge is 0.198 e. The molecule has 0 radical (unpaired) electrons. The third-order valence-corrected chi connectivity index (χ3v) is 3.53. The Morgan fingerprint density at radius 2 is 2.00 bits per heavy atom. The lowest BCUT2D eigenvalue weighted by Crippen LogP contribution is -2.00. The predicted molar refractivity (Wildman–Crippen MR) is 91.8 cm³/mol. The molecule has 0 aromatic heterocycles. The van der Waals surface area contributed by atoms with Crippen LogP contribution in [-0.2, 0) is 0 Å². The summed E-state index contributed by atoms with van der Waals surface area (Å²) in [6.07, 6.45) is 9.24. The van der Waals surface area contributed by atoms with Crippen molar-refractivity contribution in [2.75, 3.05) is 0 Å². The number of benzene rings is 1. The van der Waals surface area contributed by atoms with Gasteiger partial charge in [0.2, 0.25) is 0 Å². The van der Waals surface area contributed by atoms with Gasteiger partial charge in [-0.05, 0) is 30.0 Å². The molecular weight excluding hydrogens is 254 g/mol. The number of nitriles is 1. The van der Waals surface area contributed by atoms with E-state index in [0.29, 0.717) is 6.42 Å². The fraction of sp³-hybridized carbons (Fsp3) is 0.250. The van der Waals surface area contributed by atoms with Gasteiger partial charge in [-0.1, -0.05) is 74.2 Å². The summed E-state index contributed by atoms with van der Waals surface area (Å²) in [6.45, 7) is 12.5. The molecule has 1 nitrogen and oxygen atoms in total. The summed E-state index contributed by atoms with van der Waals surface area (Å²) in [4.78, 5) is 0. The molecule has 0 fully saturated rings. The summed E-state index contributed by atoms with van der Waals surface area (Å²) in [6, 6.07) is 10.4. The minimum Gasteiger partial charge on any atom is -0.198 e. The van der Waals surface area contributed by atoms with Gasteiger partial charge in [-0.15, -0.1) is 0 Å². The van der Waals surface area contributed by atoms with Crippen molar-refractivity contribution in [2.24, 2.45) is 0 Å². The zero-order valence-electron chi connectivity index (χ0n) is 13.0. The van der Waals surface area contributed by atoms with E-state index in [1.54, 1.807) is 0 Å². The highest BCUT2D eigenvalue weighted by molar-refractivity contribution is 5.74. The van der Waals surface area contributed by atoms with Crippen molar-refractivity contribution < 1.29 is 0 Å². The van der Waals surface area contributed by atoms with Crippen LogP contribution >= 0.6 is 0 Å². The van der Waals surface area contributed by atoms with Gasteiger partial charge in [-0.2, -0.15) is 5.26 Å². The Kier molecular flexibility index (Phi) is 6.98. The summed E-state index contributed by atoms with van der Waals surface area (Å²) in [5.41, 5.74) is 4.49. The molecular formula is C20H23N. The van der Waals surface area contributed by atoms with Crippen LogP contribution in [0.1, 0.15) is 43.7 Å². The molecule has 0 bridgehead atoms. The number of hydrogen-bond donors (Lipinski definition) is 0. The molecule has 0 spiro atoms. The number of hydrogen-bond acceptors (Lipinski definition) is 1. The molecule has 1 aromatic rings. The minimum atomic E-state index is 0.276. The fourth-order valence-corrected chi connectivity index (χ4v) is 2.18. The molecule has 1 atom stereocenters. The average Bonchev–Trinajstić information content (AvgIpc) is 2.52. The van der Waals surface area contributed by atoms with Crippen LogP contribution < -0.4 is 0 Å². The van der Waals surface area contributed by atoms with Crippen molar-refractivity contribution in [1.29, 1.82) is 5.26 Å². The van der Waals surface area contributed by atoms with Gasteiger partial charge in [0.15, 0.2) is 0 Å². The van der Waals surface area contributed by atoms with Crippen molar-refractivity contribution in [2.45, 2.75) is 32.6 Å². The lowest BCUT2D eigenvalue weighted by Gasteiger charge is -2.18. The number of rotatable bonds is 7. The first-order chi connectivity index (χ1) is 10.1. The Morgan fingerprint density at radius 1 is 1.29 bits per heavy atom. The molecule has 0 unspecified atom stereocenters. The first-order valence-corrected chi connectivity index (χ1v) is 7.22. The van der Waals surface area contributed by atoms with E-state index in [9.17, 15) is 0 Å². The summed E-state index contributed by atoms with van der Waals surface area (Å²) in [5.74, 6) is 0.276. The third kappa shape index (κ3) is 4.93. The van der Waals surface area contributed by atoms with Crippen molar-refractivity contribution >= 4 is 5.57 Å². The van der Waals surface area contributed by atoms with Gasteiger partial charge in [0.05, 0.1) is 12.5 Å². The molecule has 108 valence electrons. The van der Waals surface area contributed by atoms with Gasteiger partial charge >= 0.3 is 0 Å². The summed E-state index contributed by atoms with van der Waals surface area (Å²) >= 11 is 0. The van der Waals surface area contributed by atoms with E-state index in [1.165, 1.54) is 11.1 Å². The van der Waals surface area contributed by atoms with E-state index in [0.717, 1.165) is 17.6 Å². The zero-order valence-corrected chi connectivity index (χ0v) is 13.0. The molecule has 0 aliphatic heterocycles.